The maximum atomic E-state index is 12.3. The lowest BCUT2D eigenvalue weighted by Crippen LogP contribution is -2.33. The fourth-order valence-electron chi connectivity index (χ4n) is 3.40. The van der Waals surface area contributed by atoms with Crippen molar-refractivity contribution in [1.82, 2.24) is 20.1 Å². The van der Waals surface area contributed by atoms with Gasteiger partial charge in [-0.05, 0) is 31.0 Å². The van der Waals surface area contributed by atoms with Gasteiger partial charge in [0.2, 0.25) is 0 Å². The number of nitrogens with one attached hydrogen (secondary N) is 1. The highest BCUT2D eigenvalue weighted by molar-refractivity contribution is 5.92. The third kappa shape index (κ3) is 3.06. The standard InChI is InChI=1S/C17H20N4O2/c22-17(19-12-3-1-2-4-12)16-10-13-9-15(11-21(13)20-16)23-14-5-7-18-8-6-14/h5-8,10,12,15H,1-4,9,11H2,(H,19,22)/t15-/m0/s1. The third-order valence-electron chi connectivity index (χ3n) is 4.55. The van der Waals surface area contributed by atoms with Gasteiger partial charge in [0.25, 0.3) is 5.91 Å². The average Bonchev–Trinajstić information content (AvgIpc) is 3.24. The molecular weight excluding hydrogens is 292 g/mol. The second-order valence-electron chi connectivity index (χ2n) is 6.28. The molecule has 6 nitrogen and oxygen atoms in total. The molecule has 0 unspecified atom stereocenters. The lowest BCUT2D eigenvalue weighted by Gasteiger charge is -2.12. The van der Waals surface area contributed by atoms with Crippen LogP contribution in [0.3, 0.4) is 0 Å². The summed E-state index contributed by atoms with van der Waals surface area (Å²) in [4.78, 5) is 16.2. The van der Waals surface area contributed by atoms with Gasteiger partial charge in [-0.1, -0.05) is 12.8 Å². The third-order valence-corrected chi connectivity index (χ3v) is 4.55. The molecular formula is C17H20N4O2. The fourth-order valence-corrected chi connectivity index (χ4v) is 3.40. The molecule has 1 atom stereocenters. The van der Waals surface area contributed by atoms with Gasteiger partial charge in [-0.3, -0.25) is 14.5 Å². The van der Waals surface area contributed by atoms with Crippen molar-refractivity contribution in [3.63, 3.8) is 0 Å². The van der Waals surface area contributed by atoms with E-state index in [1.807, 2.05) is 22.9 Å². The van der Waals surface area contributed by atoms with Crippen molar-refractivity contribution in [2.45, 2.75) is 50.8 Å². The van der Waals surface area contributed by atoms with E-state index in [0.717, 1.165) is 30.7 Å². The van der Waals surface area contributed by atoms with E-state index < -0.39 is 0 Å². The fraction of sp³-hybridized carbons (Fsp3) is 0.471. The molecule has 0 spiro atoms. The number of carbonyl (C=O) groups is 1. The largest absolute Gasteiger partial charge is 0.488 e. The van der Waals surface area contributed by atoms with Gasteiger partial charge in [-0.25, -0.2) is 0 Å². The number of aromatic nitrogens is 3. The summed E-state index contributed by atoms with van der Waals surface area (Å²) in [5.74, 6) is 0.764. The van der Waals surface area contributed by atoms with Crippen LogP contribution in [0.4, 0.5) is 0 Å². The minimum absolute atomic E-state index is 0.0506. The second kappa shape index (κ2) is 6.02. The highest BCUT2D eigenvalue weighted by Crippen LogP contribution is 2.22. The van der Waals surface area contributed by atoms with Gasteiger partial charge in [0, 0.05) is 30.6 Å². The predicted molar refractivity (Wildman–Crippen MR) is 84.3 cm³/mol. The summed E-state index contributed by atoms with van der Waals surface area (Å²) in [5.41, 5.74) is 1.58. The van der Waals surface area contributed by atoms with Crippen molar-refractivity contribution in [1.29, 1.82) is 0 Å². The normalized spacial score (nSPS) is 20.4. The summed E-state index contributed by atoms with van der Waals surface area (Å²) in [6.07, 6.45) is 8.85. The van der Waals surface area contributed by atoms with Crippen LogP contribution >= 0.6 is 0 Å². The molecule has 1 aliphatic carbocycles. The summed E-state index contributed by atoms with van der Waals surface area (Å²) in [6.45, 7) is 0.675. The Labute approximate surface area is 134 Å². The van der Waals surface area contributed by atoms with E-state index in [1.165, 1.54) is 12.8 Å². The minimum atomic E-state index is -0.0506. The molecule has 1 fully saturated rings. The Kier molecular flexibility index (Phi) is 3.73. The van der Waals surface area contributed by atoms with Crippen molar-refractivity contribution in [3.8, 4) is 5.75 Å². The summed E-state index contributed by atoms with van der Waals surface area (Å²) in [5, 5.41) is 7.52. The zero-order valence-corrected chi connectivity index (χ0v) is 12.9. The van der Waals surface area contributed by atoms with E-state index in [1.54, 1.807) is 12.4 Å². The van der Waals surface area contributed by atoms with E-state index >= 15 is 0 Å². The Morgan fingerprint density at radius 1 is 1.26 bits per heavy atom. The summed E-state index contributed by atoms with van der Waals surface area (Å²) in [7, 11) is 0. The van der Waals surface area contributed by atoms with Gasteiger partial charge in [-0.2, -0.15) is 5.10 Å². The van der Waals surface area contributed by atoms with Crippen LogP contribution in [0, 0.1) is 0 Å². The molecule has 3 heterocycles. The zero-order chi connectivity index (χ0) is 15.6. The van der Waals surface area contributed by atoms with Crippen LogP contribution in [0.1, 0.15) is 41.9 Å². The van der Waals surface area contributed by atoms with Gasteiger partial charge in [-0.15, -0.1) is 0 Å². The molecule has 1 aliphatic heterocycles. The first-order valence-corrected chi connectivity index (χ1v) is 8.22. The molecule has 2 aliphatic rings. The Balaban J connectivity index is 1.37. The Morgan fingerprint density at radius 3 is 2.78 bits per heavy atom. The number of pyridine rings is 1. The van der Waals surface area contributed by atoms with E-state index in [-0.39, 0.29) is 12.0 Å². The molecule has 1 amide bonds. The molecule has 2 aromatic heterocycles. The number of rotatable bonds is 4. The first-order chi connectivity index (χ1) is 11.3. The molecule has 1 N–H and O–H groups in total. The Bertz CT molecular complexity index is 668. The molecule has 6 heteroatoms. The van der Waals surface area contributed by atoms with Gasteiger partial charge < -0.3 is 10.1 Å². The first-order valence-electron chi connectivity index (χ1n) is 8.22. The van der Waals surface area contributed by atoms with E-state index in [0.29, 0.717) is 18.3 Å². The molecule has 0 bridgehead atoms. The monoisotopic (exact) mass is 312 g/mol. The second-order valence-corrected chi connectivity index (χ2v) is 6.28. The lowest BCUT2D eigenvalue weighted by molar-refractivity contribution is 0.0931. The highest BCUT2D eigenvalue weighted by atomic mass is 16.5. The van der Waals surface area contributed by atoms with E-state index in [9.17, 15) is 4.79 Å². The van der Waals surface area contributed by atoms with Crippen LogP contribution in [-0.4, -0.2) is 32.8 Å². The van der Waals surface area contributed by atoms with Crippen LogP contribution < -0.4 is 10.1 Å². The molecule has 23 heavy (non-hydrogen) atoms. The zero-order valence-electron chi connectivity index (χ0n) is 12.9. The number of fused-ring (bicyclic) bond motifs is 1. The van der Waals surface area contributed by atoms with Crippen molar-refractivity contribution >= 4 is 5.91 Å². The summed E-state index contributed by atoms with van der Waals surface area (Å²) in [6, 6.07) is 5.91. The van der Waals surface area contributed by atoms with Crippen molar-refractivity contribution in [2.24, 2.45) is 0 Å². The molecule has 0 radical (unpaired) electrons. The topological polar surface area (TPSA) is 69.0 Å². The Hall–Kier alpha value is -2.37. The van der Waals surface area contributed by atoms with Crippen LogP contribution in [0.5, 0.6) is 5.75 Å². The molecule has 4 rings (SSSR count). The molecule has 0 aromatic carbocycles. The maximum absolute atomic E-state index is 12.3. The summed E-state index contributed by atoms with van der Waals surface area (Å²) >= 11 is 0. The van der Waals surface area contributed by atoms with Crippen LogP contribution in [0.15, 0.2) is 30.6 Å². The highest BCUT2D eigenvalue weighted by Gasteiger charge is 2.27. The SMILES string of the molecule is O=C(NC1CCCC1)c1cc2n(n1)C[C@@H](Oc1ccncc1)C2. The average molecular weight is 312 g/mol. The molecule has 1 saturated carbocycles. The molecule has 2 aromatic rings. The lowest BCUT2D eigenvalue weighted by atomic mass is 10.2. The first kappa shape index (κ1) is 14.2. The van der Waals surface area contributed by atoms with E-state index in [2.05, 4.69) is 15.4 Å². The predicted octanol–water partition coefficient (Wildman–Crippen LogP) is 1.95. The number of hydrogen-bond acceptors (Lipinski definition) is 4. The summed E-state index contributed by atoms with van der Waals surface area (Å²) < 4.78 is 7.81. The maximum Gasteiger partial charge on any atom is 0.272 e. The van der Waals surface area contributed by atoms with Gasteiger partial charge in [0.15, 0.2) is 0 Å². The van der Waals surface area contributed by atoms with E-state index in [4.69, 9.17) is 4.74 Å². The smallest absolute Gasteiger partial charge is 0.272 e. The molecule has 0 saturated heterocycles. The van der Waals surface area contributed by atoms with Crippen LogP contribution in [0.25, 0.3) is 0 Å². The number of ether oxygens (including phenoxy) is 1. The number of amides is 1. The van der Waals surface area contributed by atoms with Crippen LogP contribution in [0.2, 0.25) is 0 Å². The number of hydrogen-bond donors (Lipinski definition) is 1. The van der Waals surface area contributed by atoms with Crippen molar-refractivity contribution in [2.75, 3.05) is 0 Å². The van der Waals surface area contributed by atoms with Gasteiger partial charge >= 0.3 is 0 Å². The number of carbonyl (C=O) groups excluding carboxylic acids is 1. The quantitative estimate of drug-likeness (QED) is 0.937. The van der Waals surface area contributed by atoms with Gasteiger partial charge in [0.05, 0.1) is 6.54 Å². The van der Waals surface area contributed by atoms with Crippen molar-refractivity contribution < 1.29 is 9.53 Å². The minimum Gasteiger partial charge on any atom is -0.488 e. The number of nitrogens with zero attached hydrogens (tertiary/aromatic N) is 3. The molecule has 120 valence electrons. The van der Waals surface area contributed by atoms with Crippen molar-refractivity contribution in [3.05, 3.63) is 42.0 Å². The Morgan fingerprint density at radius 2 is 2.04 bits per heavy atom. The van der Waals surface area contributed by atoms with Crippen LogP contribution in [-0.2, 0) is 13.0 Å². The van der Waals surface area contributed by atoms with Gasteiger partial charge in [0.1, 0.15) is 17.5 Å².